The number of hydrogen-bond donors (Lipinski definition) is 1. The van der Waals surface area contributed by atoms with Crippen molar-refractivity contribution in [1.29, 1.82) is 0 Å². The summed E-state index contributed by atoms with van der Waals surface area (Å²) >= 11 is 1.25. The predicted octanol–water partition coefficient (Wildman–Crippen LogP) is 4.38. The van der Waals surface area contributed by atoms with Gasteiger partial charge in [-0.25, -0.2) is 22.5 Å². The highest BCUT2D eigenvalue weighted by Gasteiger charge is 2.27. The van der Waals surface area contributed by atoms with Crippen LogP contribution in [-0.2, 0) is 17.6 Å². The largest absolute Gasteiger partial charge is 0.458 e. The first kappa shape index (κ1) is 29.3. The summed E-state index contributed by atoms with van der Waals surface area (Å²) in [7, 11) is 1.50. The number of amides is 1. The average molecular weight is 548 g/mol. The summed E-state index contributed by atoms with van der Waals surface area (Å²) in [5, 5.41) is 8.19. The Kier molecular flexibility index (Phi) is 11.6. The first-order chi connectivity index (χ1) is 17.8. The van der Waals surface area contributed by atoms with Gasteiger partial charge in [0.25, 0.3) is 11.6 Å². The minimum absolute atomic E-state index is 0.0866. The van der Waals surface area contributed by atoms with E-state index in [1.807, 2.05) is 0 Å². The molecule has 1 saturated carbocycles. The summed E-state index contributed by atoms with van der Waals surface area (Å²) in [5.74, 6) is 0.533. The van der Waals surface area contributed by atoms with Gasteiger partial charge in [-0.15, -0.1) is 0 Å². The molecule has 2 aliphatic rings. The van der Waals surface area contributed by atoms with Gasteiger partial charge in [-0.1, -0.05) is 17.9 Å². The van der Waals surface area contributed by atoms with E-state index < -0.39 is 26.0 Å². The van der Waals surface area contributed by atoms with Crippen LogP contribution < -0.4 is 10.1 Å². The first-order valence-corrected chi connectivity index (χ1v) is 13.6. The van der Waals surface area contributed by atoms with Crippen LogP contribution in [0.1, 0.15) is 49.1 Å². The SMILES string of the molecule is C=C(/C=N\N(C)CF)CC(=O)NC1CCC(CCN2CCc3nc(OC(CF)C(F)F)sc3CC2)CC1. The molecule has 208 valence electrons. The number of halogens is 4. The van der Waals surface area contributed by atoms with Crippen LogP contribution in [0.5, 0.6) is 5.19 Å². The number of aromatic nitrogens is 1. The number of nitrogens with one attached hydrogen (secondary N) is 1. The third-order valence-corrected chi connectivity index (χ3v) is 7.88. The van der Waals surface area contributed by atoms with Crippen LogP contribution in [0, 0.1) is 5.92 Å². The standard InChI is InChI=1S/C25H37F4N5O2S/c1-17(15-30-33(2)16-27)13-23(35)31-19-5-3-18(4-6-19)7-10-34-11-8-20-22(9-12-34)37-25(32-20)36-21(14-26)24(28)29/h15,18-19,21,24H,1,3-14,16H2,2H3,(H,31,35)/b30-15-. The topological polar surface area (TPSA) is 70.1 Å². The normalized spacial score (nSPS) is 21.5. The zero-order valence-electron chi connectivity index (χ0n) is 21.3. The molecule has 3 rings (SSSR count). The lowest BCUT2D eigenvalue weighted by molar-refractivity contribution is -0.121. The molecule has 0 saturated heterocycles. The van der Waals surface area contributed by atoms with Gasteiger partial charge >= 0.3 is 0 Å². The Hall–Kier alpha value is -2.21. The van der Waals surface area contributed by atoms with Crippen LogP contribution >= 0.6 is 11.3 Å². The molecule has 2 heterocycles. The molecule has 0 bridgehead atoms. The van der Waals surface area contributed by atoms with E-state index >= 15 is 0 Å². The van der Waals surface area contributed by atoms with E-state index in [1.165, 1.54) is 24.6 Å². The van der Waals surface area contributed by atoms with E-state index in [1.54, 1.807) is 0 Å². The lowest BCUT2D eigenvalue weighted by atomic mass is 9.84. The third kappa shape index (κ3) is 9.55. The van der Waals surface area contributed by atoms with Crippen LogP contribution in [0.15, 0.2) is 17.3 Å². The lowest BCUT2D eigenvalue weighted by Crippen LogP contribution is -2.38. The highest BCUT2D eigenvalue weighted by Crippen LogP contribution is 2.31. The number of hydrazone groups is 1. The first-order valence-electron chi connectivity index (χ1n) is 12.8. The second kappa shape index (κ2) is 14.7. The van der Waals surface area contributed by atoms with E-state index in [-0.39, 0.29) is 23.6 Å². The van der Waals surface area contributed by atoms with Crippen LogP contribution in [0.3, 0.4) is 0 Å². The van der Waals surface area contributed by atoms with Gasteiger partial charge in [0.05, 0.1) is 18.3 Å². The average Bonchev–Trinajstić information content (AvgIpc) is 3.17. The molecule has 1 atom stereocenters. The summed E-state index contributed by atoms with van der Waals surface area (Å²) in [5.41, 5.74) is 1.41. The van der Waals surface area contributed by atoms with Gasteiger partial charge < -0.3 is 15.0 Å². The molecule has 0 radical (unpaired) electrons. The van der Waals surface area contributed by atoms with Gasteiger partial charge in [-0.2, -0.15) is 5.10 Å². The molecule has 1 aliphatic heterocycles. The molecule has 1 amide bonds. The minimum atomic E-state index is -2.88. The minimum Gasteiger partial charge on any atom is -0.458 e. The van der Waals surface area contributed by atoms with Gasteiger partial charge in [0, 0.05) is 37.5 Å². The van der Waals surface area contributed by atoms with Gasteiger partial charge in [0.1, 0.15) is 6.67 Å². The summed E-state index contributed by atoms with van der Waals surface area (Å²) in [6.45, 7) is 4.56. The molecule has 1 aliphatic carbocycles. The maximum absolute atomic E-state index is 12.8. The summed E-state index contributed by atoms with van der Waals surface area (Å²) in [6.07, 6.45) is 3.56. The molecule has 1 unspecified atom stereocenters. The van der Waals surface area contributed by atoms with Crippen LogP contribution in [0.2, 0.25) is 0 Å². The Morgan fingerprint density at radius 1 is 1.30 bits per heavy atom. The molecule has 1 aromatic rings. The molecule has 1 aromatic heterocycles. The number of nitrogens with zero attached hydrogens (tertiary/aromatic N) is 4. The Morgan fingerprint density at radius 3 is 2.70 bits per heavy atom. The Morgan fingerprint density at radius 2 is 2.03 bits per heavy atom. The molecule has 7 nitrogen and oxygen atoms in total. The maximum Gasteiger partial charge on any atom is 0.277 e. The van der Waals surface area contributed by atoms with Crippen molar-refractivity contribution < 1.29 is 27.1 Å². The van der Waals surface area contributed by atoms with Crippen molar-refractivity contribution in [2.75, 3.05) is 40.2 Å². The number of hydrogen-bond acceptors (Lipinski definition) is 7. The molecule has 1 N–H and O–H groups in total. The predicted molar refractivity (Wildman–Crippen MR) is 137 cm³/mol. The molecular weight excluding hydrogens is 510 g/mol. The number of thiazole rings is 1. The third-order valence-electron chi connectivity index (χ3n) is 6.83. The Labute approximate surface area is 219 Å². The fourth-order valence-corrected chi connectivity index (χ4v) is 5.64. The van der Waals surface area contributed by atoms with E-state index in [0.717, 1.165) is 80.2 Å². The molecule has 0 aromatic carbocycles. The van der Waals surface area contributed by atoms with E-state index in [9.17, 15) is 22.4 Å². The van der Waals surface area contributed by atoms with E-state index in [4.69, 9.17) is 4.74 Å². The van der Waals surface area contributed by atoms with Gasteiger partial charge in [0.2, 0.25) is 5.91 Å². The van der Waals surface area contributed by atoms with Crippen molar-refractivity contribution in [2.24, 2.45) is 11.0 Å². The Bertz CT molecular complexity index is 882. The number of alkyl halides is 4. The van der Waals surface area contributed by atoms with Crippen molar-refractivity contribution in [1.82, 2.24) is 20.2 Å². The van der Waals surface area contributed by atoms with Crippen molar-refractivity contribution >= 4 is 23.5 Å². The summed E-state index contributed by atoms with van der Waals surface area (Å²) < 4.78 is 55.8. The molecule has 12 heteroatoms. The zero-order valence-corrected chi connectivity index (χ0v) is 22.1. The number of carbonyl (C=O) groups excluding carboxylic acids is 1. The van der Waals surface area contributed by atoms with Gasteiger partial charge in [-0.3, -0.25) is 9.80 Å². The zero-order chi connectivity index (χ0) is 26.8. The summed E-state index contributed by atoms with van der Waals surface area (Å²) in [4.78, 5) is 20.1. The molecule has 0 spiro atoms. The van der Waals surface area contributed by atoms with Crippen molar-refractivity contribution in [3.63, 3.8) is 0 Å². The molecule has 1 fully saturated rings. The highest BCUT2D eigenvalue weighted by molar-refractivity contribution is 7.13. The van der Waals surface area contributed by atoms with E-state index in [0.29, 0.717) is 11.5 Å². The second-order valence-corrected chi connectivity index (χ2v) is 10.8. The van der Waals surface area contributed by atoms with Crippen LogP contribution in [-0.4, -0.2) is 85.7 Å². The molecule has 37 heavy (non-hydrogen) atoms. The maximum atomic E-state index is 12.8. The van der Waals surface area contributed by atoms with E-state index in [2.05, 4.69) is 26.9 Å². The highest BCUT2D eigenvalue weighted by atomic mass is 32.1. The fraction of sp³-hybridized carbons (Fsp3) is 0.720. The van der Waals surface area contributed by atoms with Gasteiger partial charge in [0.15, 0.2) is 12.9 Å². The van der Waals surface area contributed by atoms with Gasteiger partial charge in [-0.05, 0) is 56.6 Å². The van der Waals surface area contributed by atoms with Crippen molar-refractivity contribution in [3.05, 3.63) is 22.7 Å². The number of carbonyl (C=O) groups is 1. The number of ether oxygens (including phenoxy) is 1. The quantitative estimate of drug-likeness (QED) is 0.172. The monoisotopic (exact) mass is 547 g/mol. The smallest absolute Gasteiger partial charge is 0.277 e. The van der Waals surface area contributed by atoms with Crippen LogP contribution in [0.25, 0.3) is 0 Å². The Balaban J connectivity index is 1.33. The fourth-order valence-electron chi connectivity index (χ4n) is 4.64. The van der Waals surface area contributed by atoms with Crippen LogP contribution in [0.4, 0.5) is 17.6 Å². The van der Waals surface area contributed by atoms with Crippen molar-refractivity contribution in [2.45, 2.75) is 69.9 Å². The lowest BCUT2D eigenvalue weighted by Gasteiger charge is -2.30. The number of fused-ring (bicyclic) bond motifs is 1. The van der Waals surface area contributed by atoms with Crippen molar-refractivity contribution in [3.8, 4) is 5.19 Å². The number of rotatable bonds is 13. The second-order valence-electron chi connectivity index (χ2n) is 9.77. The summed E-state index contributed by atoms with van der Waals surface area (Å²) in [6, 6.07) is 0.167. The molecular formula is C25H37F4N5O2S.